The lowest BCUT2D eigenvalue weighted by Crippen LogP contribution is -2.57. The van der Waals surface area contributed by atoms with Crippen molar-refractivity contribution in [2.24, 2.45) is 4.99 Å². The van der Waals surface area contributed by atoms with Crippen LogP contribution in [-0.4, -0.2) is 62.9 Å². The van der Waals surface area contributed by atoms with Gasteiger partial charge in [0, 0.05) is 37.4 Å². The van der Waals surface area contributed by atoms with Crippen LogP contribution in [-0.2, 0) is 11.3 Å². The maximum Gasteiger partial charge on any atom is 0.191 e. The number of ether oxygens (including phenoxy) is 2. The largest absolute Gasteiger partial charge is 0.491 e. The molecule has 6 nitrogen and oxygen atoms in total. The number of nitrogens with one attached hydrogen (secondary N) is 2. The second kappa shape index (κ2) is 12.6. The van der Waals surface area contributed by atoms with Crippen molar-refractivity contribution in [3.8, 4) is 5.75 Å². The molecule has 1 heterocycles. The van der Waals surface area contributed by atoms with Gasteiger partial charge < -0.3 is 25.0 Å². The highest BCUT2D eigenvalue weighted by Gasteiger charge is 2.34. The first kappa shape index (κ1) is 26.0. The first-order chi connectivity index (χ1) is 13.4. The number of hydrogen-bond acceptors (Lipinski definition) is 4. The summed E-state index contributed by atoms with van der Waals surface area (Å²) in [4.78, 5) is 7.14. The normalized spacial score (nSPS) is 16.5. The number of aliphatic imine (C=N–C) groups is 1. The molecule has 0 radical (unpaired) electrons. The van der Waals surface area contributed by atoms with Crippen LogP contribution in [0.4, 0.5) is 0 Å². The molecule has 0 bridgehead atoms. The molecule has 0 atom stereocenters. The van der Waals surface area contributed by atoms with Gasteiger partial charge in [-0.15, -0.1) is 24.0 Å². The second-order valence-electron chi connectivity index (χ2n) is 8.06. The van der Waals surface area contributed by atoms with Gasteiger partial charge in [0.2, 0.25) is 0 Å². The summed E-state index contributed by atoms with van der Waals surface area (Å²) in [6, 6.07) is 6.32. The minimum Gasteiger partial charge on any atom is -0.491 e. The van der Waals surface area contributed by atoms with Gasteiger partial charge in [-0.3, -0.25) is 0 Å². The molecule has 1 aromatic rings. The Balaban J connectivity index is 0.00000420. The molecule has 0 aromatic heterocycles. The lowest BCUT2D eigenvalue weighted by atomic mass is 9.88. The van der Waals surface area contributed by atoms with E-state index in [1.165, 1.54) is 5.56 Å². The lowest BCUT2D eigenvalue weighted by molar-refractivity contribution is -0.00501. The Labute approximate surface area is 193 Å². The van der Waals surface area contributed by atoms with Crippen molar-refractivity contribution in [3.05, 3.63) is 29.3 Å². The van der Waals surface area contributed by atoms with Crippen LogP contribution in [0.3, 0.4) is 0 Å². The number of guanidine groups is 1. The zero-order valence-electron chi connectivity index (χ0n) is 18.9. The van der Waals surface area contributed by atoms with Crippen LogP contribution in [0.15, 0.2) is 23.2 Å². The highest BCUT2D eigenvalue weighted by molar-refractivity contribution is 14.0. The molecule has 2 rings (SSSR count). The van der Waals surface area contributed by atoms with Crippen LogP contribution in [0.25, 0.3) is 0 Å². The van der Waals surface area contributed by atoms with Crippen LogP contribution in [0.5, 0.6) is 5.75 Å². The van der Waals surface area contributed by atoms with Crippen molar-refractivity contribution in [1.29, 1.82) is 0 Å². The Morgan fingerprint density at radius 2 is 1.93 bits per heavy atom. The van der Waals surface area contributed by atoms with Crippen LogP contribution in [0.1, 0.15) is 44.7 Å². The number of aryl methyl sites for hydroxylation is 1. The number of rotatable bonds is 8. The molecule has 166 valence electrons. The van der Waals surface area contributed by atoms with E-state index in [9.17, 15) is 0 Å². The topological polar surface area (TPSA) is 58.1 Å². The molecule has 1 saturated heterocycles. The molecule has 0 amide bonds. The molecule has 29 heavy (non-hydrogen) atoms. The Bertz CT molecular complexity index is 644. The van der Waals surface area contributed by atoms with Gasteiger partial charge in [0.25, 0.3) is 0 Å². The van der Waals surface area contributed by atoms with Gasteiger partial charge in [0.05, 0.1) is 12.6 Å². The van der Waals surface area contributed by atoms with Crippen molar-refractivity contribution in [1.82, 2.24) is 15.5 Å². The number of nitrogens with zero attached hydrogens (tertiary/aromatic N) is 2. The average Bonchev–Trinajstić information content (AvgIpc) is 2.65. The number of halogens is 1. The maximum atomic E-state index is 5.99. The van der Waals surface area contributed by atoms with E-state index in [4.69, 9.17) is 14.5 Å². The van der Waals surface area contributed by atoms with Gasteiger partial charge in [-0.2, -0.15) is 0 Å². The molecule has 0 saturated carbocycles. The maximum absolute atomic E-state index is 5.99. The van der Waals surface area contributed by atoms with Crippen molar-refractivity contribution < 1.29 is 9.47 Å². The Kier molecular flexibility index (Phi) is 11.3. The third-order valence-corrected chi connectivity index (χ3v) is 5.29. The number of likely N-dealkylation sites (N-methyl/N-ethyl adjacent to an activating group) is 1. The van der Waals surface area contributed by atoms with Crippen LogP contribution >= 0.6 is 24.0 Å². The van der Waals surface area contributed by atoms with Gasteiger partial charge in [0.1, 0.15) is 5.75 Å². The number of benzene rings is 1. The van der Waals surface area contributed by atoms with Gasteiger partial charge in [-0.1, -0.05) is 12.1 Å². The predicted molar refractivity (Wildman–Crippen MR) is 132 cm³/mol. The lowest BCUT2D eigenvalue weighted by Gasteiger charge is -2.43. The van der Waals surface area contributed by atoms with E-state index >= 15 is 0 Å². The molecular formula is C22H39IN4O2. The van der Waals surface area contributed by atoms with Gasteiger partial charge in [-0.05, 0) is 66.3 Å². The summed E-state index contributed by atoms with van der Waals surface area (Å²) in [7, 11) is 4.30. The first-order valence-corrected chi connectivity index (χ1v) is 10.4. The van der Waals surface area contributed by atoms with Crippen molar-refractivity contribution >= 4 is 29.9 Å². The van der Waals surface area contributed by atoms with E-state index in [-0.39, 0.29) is 35.6 Å². The monoisotopic (exact) mass is 518 g/mol. The van der Waals surface area contributed by atoms with E-state index < -0.39 is 0 Å². The molecule has 1 fully saturated rings. The third kappa shape index (κ3) is 7.94. The molecule has 2 N–H and O–H groups in total. The first-order valence-electron chi connectivity index (χ1n) is 10.4. The minimum atomic E-state index is 0. The summed E-state index contributed by atoms with van der Waals surface area (Å²) in [5, 5.41) is 6.92. The quantitative estimate of drug-likeness (QED) is 0.313. The fourth-order valence-electron chi connectivity index (χ4n) is 3.44. The molecule has 1 aromatic carbocycles. The molecule has 1 aliphatic rings. The molecule has 7 heteroatoms. The van der Waals surface area contributed by atoms with E-state index in [1.54, 1.807) is 0 Å². The Morgan fingerprint density at radius 3 is 2.52 bits per heavy atom. The van der Waals surface area contributed by atoms with Gasteiger partial charge in [-0.25, -0.2) is 4.99 Å². The molecule has 0 aliphatic carbocycles. The van der Waals surface area contributed by atoms with Crippen LogP contribution in [0, 0.1) is 6.92 Å². The average molecular weight is 518 g/mol. The second-order valence-corrected chi connectivity index (χ2v) is 8.06. The fraction of sp³-hybridized carbons (Fsp3) is 0.682. The molecule has 0 spiro atoms. The van der Waals surface area contributed by atoms with Crippen molar-refractivity contribution in [3.63, 3.8) is 0 Å². The van der Waals surface area contributed by atoms with Crippen LogP contribution < -0.4 is 15.4 Å². The predicted octanol–water partition coefficient (Wildman–Crippen LogP) is 3.57. The van der Waals surface area contributed by atoms with Gasteiger partial charge in [0.15, 0.2) is 5.96 Å². The molecule has 1 aliphatic heterocycles. The summed E-state index contributed by atoms with van der Waals surface area (Å²) < 4.78 is 11.6. The highest BCUT2D eigenvalue weighted by atomic mass is 127. The van der Waals surface area contributed by atoms with Crippen LogP contribution in [0.2, 0.25) is 0 Å². The van der Waals surface area contributed by atoms with E-state index in [1.807, 2.05) is 0 Å². The van der Waals surface area contributed by atoms with E-state index in [0.717, 1.165) is 56.4 Å². The molecule has 0 unspecified atom stereocenters. The standard InChI is InChI=1S/C22H38N4O2.HI/c1-7-23-21(25-16-22(26(5)6)10-12-27-13-11-22)24-15-19-9-8-18(4)14-20(19)28-17(2)3;/h8-9,14,17H,7,10-13,15-16H2,1-6H3,(H2,23,24,25);1H. The summed E-state index contributed by atoms with van der Waals surface area (Å²) in [6.07, 6.45) is 2.19. The summed E-state index contributed by atoms with van der Waals surface area (Å²) in [5.74, 6) is 1.76. The minimum absolute atomic E-state index is 0. The fourth-order valence-corrected chi connectivity index (χ4v) is 3.44. The Morgan fingerprint density at radius 1 is 1.24 bits per heavy atom. The zero-order chi connectivity index (χ0) is 20.6. The summed E-state index contributed by atoms with van der Waals surface area (Å²) in [5.41, 5.74) is 2.40. The molecular weight excluding hydrogens is 479 g/mol. The van der Waals surface area contributed by atoms with Crippen molar-refractivity contribution in [2.75, 3.05) is 40.4 Å². The summed E-state index contributed by atoms with van der Waals surface area (Å²) >= 11 is 0. The Hall–Kier alpha value is -1.06. The third-order valence-electron chi connectivity index (χ3n) is 5.29. The van der Waals surface area contributed by atoms with E-state index in [0.29, 0.717) is 6.54 Å². The summed E-state index contributed by atoms with van der Waals surface area (Å²) in [6.45, 7) is 12.2. The number of hydrogen-bond donors (Lipinski definition) is 2. The van der Waals surface area contributed by atoms with E-state index in [2.05, 4.69) is 75.5 Å². The smallest absolute Gasteiger partial charge is 0.191 e. The van der Waals surface area contributed by atoms with Gasteiger partial charge >= 0.3 is 0 Å². The van der Waals surface area contributed by atoms with Crippen molar-refractivity contribution in [2.45, 2.75) is 58.7 Å². The zero-order valence-corrected chi connectivity index (χ0v) is 21.2. The highest BCUT2D eigenvalue weighted by Crippen LogP contribution is 2.25. The SMILES string of the molecule is CCNC(=NCc1ccc(C)cc1OC(C)C)NCC1(N(C)C)CCOCC1.I.